The first-order valence-electron chi connectivity index (χ1n) is 11.1. The van der Waals surface area contributed by atoms with Crippen molar-refractivity contribution in [3.63, 3.8) is 0 Å². The Hall–Kier alpha value is -1.88. The van der Waals surface area contributed by atoms with Crippen LogP contribution in [0, 0.1) is 6.92 Å². The van der Waals surface area contributed by atoms with Crippen molar-refractivity contribution in [3.05, 3.63) is 45.9 Å². The first-order chi connectivity index (χ1) is 16.0. The van der Waals surface area contributed by atoms with E-state index >= 15 is 0 Å². The van der Waals surface area contributed by atoms with E-state index in [0.717, 1.165) is 37.7 Å². The molecule has 1 N–H and O–H groups in total. The van der Waals surface area contributed by atoms with Crippen LogP contribution in [0.25, 0.3) is 0 Å². The molecule has 0 radical (unpaired) electrons. The van der Waals surface area contributed by atoms with Crippen molar-refractivity contribution in [2.45, 2.75) is 57.5 Å². The molecule has 2 atom stereocenters. The number of anilines is 1. The van der Waals surface area contributed by atoms with Crippen LogP contribution < -0.4 is 4.90 Å². The summed E-state index contributed by atoms with van der Waals surface area (Å²) < 4.78 is 37.8. The number of ether oxygens (including phenoxy) is 1. The molecule has 4 rings (SSSR count). The van der Waals surface area contributed by atoms with Gasteiger partial charge in [-0.3, -0.25) is 4.90 Å². The minimum atomic E-state index is -5.08. The Morgan fingerprint density at radius 3 is 2.41 bits per heavy atom. The third-order valence-corrected chi connectivity index (χ3v) is 7.18. The second-order valence-corrected chi connectivity index (χ2v) is 10.2. The van der Waals surface area contributed by atoms with Gasteiger partial charge in [0.05, 0.1) is 12.7 Å². The molecule has 2 aromatic rings. The van der Waals surface area contributed by atoms with Gasteiger partial charge in [-0.2, -0.15) is 13.2 Å². The number of benzene rings is 1. The Morgan fingerprint density at radius 2 is 1.88 bits per heavy atom. The van der Waals surface area contributed by atoms with Crippen molar-refractivity contribution in [2.24, 2.45) is 0 Å². The zero-order chi connectivity index (χ0) is 24.9. The van der Waals surface area contributed by atoms with Crippen LogP contribution in [0.5, 0.6) is 0 Å². The van der Waals surface area contributed by atoms with Gasteiger partial charge in [0.25, 0.3) is 0 Å². The fraction of sp³-hybridized carbons (Fsp3) is 0.565. The summed E-state index contributed by atoms with van der Waals surface area (Å²) in [6, 6.07) is 9.34. The number of halogens is 4. The molecule has 0 amide bonds. The molecule has 188 valence electrons. The number of thiazole rings is 1. The molecule has 0 saturated carbocycles. The highest BCUT2D eigenvalue weighted by molar-refractivity contribution is 7.15. The van der Waals surface area contributed by atoms with Gasteiger partial charge in [0.2, 0.25) is 0 Å². The third kappa shape index (κ3) is 7.56. The van der Waals surface area contributed by atoms with Gasteiger partial charge in [0.1, 0.15) is 0 Å². The van der Waals surface area contributed by atoms with Crippen molar-refractivity contribution in [2.75, 3.05) is 31.1 Å². The molecule has 1 aromatic heterocycles. The van der Waals surface area contributed by atoms with E-state index in [-0.39, 0.29) is 0 Å². The number of aliphatic carboxylic acids is 1. The van der Waals surface area contributed by atoms with Crippen LogP contribution in [-0.2, 0) is 16.0 Å². The fourth-order valence-corrected chi connectivity index (χ4v) is 5.20. The number of nitrogens with zero attached hydrogens (tertiary/aromatic N) is 3. The van der Waals surface area contributed by atoms with Gasteiger partial charge < -0.3 is 14.7 Å². The van der Waals surface area contributed by atoms with E-state index < -0.39 is 12.1 Å². The van der Waals surface area contributed by atoms with Crippen LogP contribution in [0.4, 0.5) is 18.3 Å². The van der Waals surface area contributed by atoms with Gasteiger partial charge in [-0.1, -0.05) is 23.7 Å². The summed E-state index contributed by atoms with van der Waals surface area (Å²) in [5.74, 6) is -2.76. The molecule has 3 heterocycles. The van der Waals surface area contributed by atoms with E-state index in [0.29, 0.717) is 18.2 Å². The number of carboxylic acid groups (broad SMARTS) is 1. The van der Waals surface area contributed by atoms with Gasteiger partial charge in [0, 0.05) is 47.8 Å². The zero-order valence-electron chi connectivity index (χ0n) is 19.1. The molecule has 34 heavy (non-hydrogen) atoms. The van der Waals surface area contributed by atoms with Crippen LogP contribution in [0.2, 0.25) is 5.02 Å². The fourth-order valence-electron chi connectivity index (χ4n) is 4.26. The molecular formula is C23H29ClF3N3O3S. The molecule has 0 spiro atoms. The highest BCUT2D eigenvalue weighted by Crippen LogP contribution is 2.29. The van der Waals surface area contributed by atoms with Crippen molar-refractivity contribution in [1.29, 1.82) is 0 Å². The smallest absolute Gasteiger partial charge is 0.475 e. The molecule has 2 saturated heterocycles. The Balaban J connectivity index is 0.000000406. The van der Waals surface area contributed by atoms with Crippen LogP contribution in [0.3, 0.4) is 0 Å². The second kappa shape index (κ2) is 11.7. The Morgan fingerprint density at radius 1 is 1.26 bits per heavy atom. The van der Waals surface area contributed by atoms with Crippen LogP contribution in [0.15, 0.2) is 30.5 Å². The van der Waals surface area contributed by atoms with Gasteiger partial charge >= 0.3 is 12.1 Å². The maximum absolute atomic E-state index is 10.6. The normalized spacial score (nSPS) is 22.2. The number of aryl methyl sites for hydroxylation is 1. The quantitative estimate of drug-likeness (QED) is 0.610. The Labute approximate surface area is 206 Å². The highest BCUT2D eigenvalue weighted by Gasteiger charge is 2.38. The predicted molar refractivity (Wildman–Crippen MR) is 127 cm³/mol. The summed E-state index contributed by atoms with van der Waals surface area (Å²) in [6.07, 6.45) is 0.629. The van der Waals surface area contributed by atoms with Gasteiger partial charge in [0.15, 0.2) is 5.13 Å². The monoisotopic (exact) mass is 519 g/mol. The maximum Gasteiger partial charge on any atom is 0.490 e. The number of rotatable bonds is 4. The average molecular weight is 520 g/mol. The lowest BCUT2D eigenvalue weighted by Crippen LogP contribution is -2.56. The largest absolute Gasteiger partial charge is 0.490 e. The van der Waals surface area contributed by atoms with Crippen LogP contribution in [0.1, 0.15) is 30.2 Å². The van der Waals surface area contributed by atoms with Crippen molar-refractivity contribution < 1.29 is 27.8 Å². The van der Waals surface area contributed by atoms with E-state index in [1.165, 1.54) is 28.4 Å². The average Bonchev–Trinajstić information content (AvgIpc) is 3.23. The summed E-state index contributed by atoms with van der Waals surface area (Å²) in [5.41, 5.74) is 1.34. The van der Waals surface area contributed by atoms with Crippen molar-refractivity contribution >= 4 is 34.0 Å². The SMILES string of the molecule is Cc1cnc(N2CCC(N3C[C@H](C)OC[C@@H]3Cc3ccc(Cl)cc3)CC2)s1.O=C(O)C(F)(F)F. The molecule has 0 bridgehead atoms. The lowest BCUT2D eigenvalue weighted by molar-refractivity contribution is -0.192. The van der Waals surface area contributed by atoms with E-state index in [9.17, 15) is 13.2 Å². The van der Waals surface area contributed by atoms with Crippen molar-refractivity contribution in [1.82, 2.24) is 9.88 Å². The molecule has 6 nitrogen and oxygen atoms in total. The lowest BCUT2D eigenvalue weighted by atomic mass is 9.96. The number of hydrogen-bond acceptors (Lipinski definition) is 6. The number of carboxylic acids is 1. The lowest BCUT2D eigenvalue weighted by Gasteiger charge is -2.46. The minimum Gasteiger partial charge on any atom is -0.475 e. The van der Waals surface area contributed by atoms with Crippen LogP contribution >= 0.6 is 22.9 Å². The summed E-state index contributed by atoms with van der Waals surface area (Å²) in [6.45, 7) is 8.35. The zero-order valence-corrected chi connectivity index (χ0v) is 20.7. The summed E-state index contributed by atoms with van der Waals surface area (Å²) in [5, 5.41) is 9.10. The Kier molecular flexibility index (Phi) is 9.20. The van der Waals surface area contributed by atoms with Crippen LogP contribution in [-0.4, -0.2) is 71.6 Å². The molecule has 1 aromatic carbocycles. The molecular weight excluding hydrogens is 491 g/mol. The summed E-state index contributed by atoms with van der Waals surface area (Å²) >= 11 is 7.85. The number of aromatic nitrogens is 1. The van der Waals surface area contributed by atoms with E-state index in [4.69, 9.17) is 26.2 Å². The number of morpholine rings is 1. The van der Waals surface area contributed by atoms with E-state index in [2.05, 4.69) is 40.8 Å². The number of hydrogen-bond donors (Lipinski definition) is 1. The highest BCUT2D eigenvalue weighted by atomic mass is 35.5. The Bertz CT molecular complexity index is 934. The molecule has 0 aliphatic carbocycles. The van der Waals surface area contributed by atoms with Gasteiger partial charge in [-0.25, -0.2) is 9.78 Å². The first-order valence-corrected chi connectivity index (χ1v) is 12.3. The number of alkyl halides is 3. The van der Waals surface area contributed by atoms with E-state index in [1.54, 1.807) is 11.3 Å². The second-order valence-electron chi connectivity index (χ2n) is 8.60. The standard InChI is InChI=1S/C21H28ClN3OS.C2HF3O2/c1-15-13-25(20(14-26-15)11-17-3-5-18(22)6-4-17)19-7-9-24(10-8-19)21-23-12-16(2)27-21;3-2(4,5)1(6)7/h3-6,12,15,19-20H,7-11,13-14H2,1-2H3;(H,6,7)/t15-,20-;/m0./s1. The first kappa shape index (κ1) is 26.7. The molecule has 2 fully saturated rings. The molecule has 2 aliphatic heterocycles. The molecule has 0 unspecified atom stereocenters. The topological polar surface area (TPSA) is 65.9 Å². The molecule has 2 aliphatic rings. The maximum atomic E-state index is 10.6. The number of carbonyl (C=O) groups is 1. The minimum absolute atomic E-state index is 0.311. The third-order valence-electron chi connectivity index (χ3n) is 5.95. The summed E-state index contributed by atoms with van der Waals surface area (Å²) in [4.78, 5) is 19.9. The summed E-state index contributed by atoms with van der Waals surface area (Å²) in [7, 11) is 0. The predicted octanol–water partition coefficient (Wildman–Crippen LogP) is 5.04. The molecule has 11 heteroatoms. The van der Waals surface area contributed by atoms with E-state index in [1.807, 2.05) is 18.3 Å². The van der Waals surface area contributed by atoms with Crippen molar-refractivity contribution in [3.8, 4) is 0 Å². The number of piperidine rings is 1. The van der Waals surface area contributed by atoms with Gasteiger partial charge in [-0.15, -0.1) is 11.3 Å². The van der Waals surface area contributed by atoms with Gasteiger partial charge in [-0.05, 0) is 50.8 Å².